The highest BCUT2D eigenvalue weighted by molar-refractivity contribution is 8.16. The highest BCUT2D eigenvalue weighted by Gasteiger charge is 2.24. The molecule has 0 saturated carbocycles. The van der Waals surface area contributed by atoms with Crippen LogP contribution in [-0.2, 0) is 11.8 Å². The Hall–Kier alpha value is -2.13. The number of aromatic nitrogens is 2. The lowest BCUT2D eigenvalue weighted by Crippen LogP contribution is -2.43. The first-order chi connectivity index (χ1) is 15.6. The Balaban J connectivity index is 1.16. The maximum Gasteiger partial charge on any atom is 0.260 e. The second-order valence-corrected chi connectivity index (χ2v) is 10.9. The van der Waals surface area contributed by atoms with Crippen molar-refractivity contribution < 1.29 is 14.3 Å². The highest BCUT2D eigenvalue weighted by atomic mass is 32.2. The fourth-order valence-corrected chi connectivity index (χ4v) is 6.80. The Morgan fingerprint density at radius 1 is 1.16 bits per heavy atom. The van der Waals surface area contributed by atoms with E-state index in [0.29, 0.717) is 35.7 Å². The van der Waals surface area contributed by atoms with Crippen LogP contribution < -0.4 is 10.1 Å². The molecule has 2 aliphatic heterocycles. The molecule has 0 spiro atoms. The summed E-state index contributed by atoms with van der Waals surface area (Å²) in [4.78, 5) is 26.6. The molecule has 1 aromatic carbocycles. The lowest BCUT2D eigenvalue weighted by Gasteiger charge is -2.32. The molecule has 2 fully saturated rings. The number of ether oxygens (including phenoxy) is 1. The van der Waals surface area contributed by atoms with Crippen molar-refractivity contribution in [3.8, 4) is 5.75 Å². The van der Waals surface area contributed by atoms with Gasteiger partial charge in [0.05, 0.1) is 16.3 Å². The molecule has 2 aliphatic rings. The number of thioether (sulfide) groups is 2. The molecule has 172 valence electrons. The third kappa shape index (κ3) is 6.22. The van der Waals surface area contributed by atoms with E-state index < -0.39 is 0 Å². The molecule has 9 heteroatoms. The Morgan fingerprint density at radius 3 is 2.53 bits per heavy atom. The SMILES string of the molecule is Cn1cc(C(=O)NCC2CCN(C(=O)COc3ccc(C4SCCCS4)cc3)CC2)cn1. The van der Waals surface area contributed by atoms with Crippen LogP contribution in [0.25, 0.3) is 0 Å². The summed E-state index contributed by atoms with van der Waals surface area (Å²) in [6.45, 7) is 2.08. The maximum absolute atomic E-state index is 12.6. The normalized spacial score (nSPS) is 17.8. The van der Waals surface area contributed by atoms with Crippen LogP contribution in [0.4, 0.5) is 0 Å². The number of nitrogens with zero attached hydrogens (tertiary/aromatic N) is 3. The summed E-state index contributed by atoms with van der Waals surface area (Å²) in [5.74, 6) is 3.47. The van der Waals surface area contributed by atoms with Gasteiger partial charge in [-0.2, -0.15) is 5.10 Å². The summed E-state index contributed by atoms with van der Waals surface area (Å²) in [5, 5.41) is 7.00. The quantitative estimate of drug-likeness (QED) is 0.663. The molecule has 0 radical (unpaired) electrons. The van der Waals surface area contributed by atoms with Gasteiger partial charge in [-0.3, -0.25) is 14.3 Å². The fraction of sp³-hybridized carbons (Fsp3) is 0.522. The van der Waals surface area contributed by atoms with E-state index in [1.807, 2.05) is 40.6 Å². The van der Waals surface area contributed by atoms with E-state index in [0.717, 1.165) is 18.6 Å². The lowest BCUT2D eigenvalue weighted by atomic mass is 9.96. The van der Waals surface area contributed by atoms with Gasteiger partial charge in [0, 0.05) is 32.9 Å². The summed E-state index contributed by atoms with van der Waals surface area (Å²) in [6.07, 6.45) is 6.32. The van der Waals surface area contributed by atoms with Crippen LogP contribution in [0, 0.1) is 5.92 Å². The van der Waals surface area contributed by atoms with Crippen LogP contribution in [0.5, 0.6) is 5.75 Å². The topological polar surface area (TPSA) is 76.5 Å². The van der Waals surface area contributed by atoms with Crippen LogP contribution in [0.3, 0.4) is 0 Å². The van der Waals surface area contributed by atoms with E-state index in [1.165, 1.54) is 23.5 Å². The summed E-state index contributed by atoms with van der Waals surface area (Å²) in [6, 6.07) is 8.16. The van der Waals surface area contributed by atoms with Crippen molar-refractivity contribution in [2.24, 2.45) is 13.0 Å². The van der Waals surface area contributed by atoms with Gasteiger partial charge in [-0.05, 0) is 54.4 Å². The first-order valence-electron chi connectivity index (χ1n) is 11.1. The van der Waals surface area contributed by atoms with Crippen molar-refractivity contribution in [2.45, 2.75) is 23.8 Å². The van der Waals surface area contributed by atoms with Crippen molar-refractivity contribution in [1.29, 1.82) is 0 Å². The van der Waals surface area contributed by atoms with Gasteiger partial charge in [0.2, 0.25) is 0 Å². The number of aryl methyl sites for hydroxylation is 1. The second-order valence-electron chi connectivity index (χ2n) is 8.22. The molecule has 3 heterocycles. The molecule has 7 nitrogen and oxygen atoms in total. The van der Waals surface area contributed by atoms with Crippen molar-refractivity contribution in [1.82, 2.24) is 20.0 Å². The van der Waals surface area contributed by atoms with Gasteiger partial charge >= 0.3 is 0 Å². The molecule has 0 bridgehead atoms. The van der Waals surface area contributed by atoms with E-state index in [1.54, 1.807) is 24.1 Å². The Morgan fingerprint density at radius 2 is 1.88 bits per heavy atom. The average molecular weight is 475 g/mol. The summed E-state index contributed by atoms with van der Waals surface area (Å²) >= 11 is 4.00. The van der Waals surface area contributed by atoms with E-state index in [4.69, 9.17) is 4.74 Å². The molecule has 0 atom stereocenters. The van der Waals surface area contributed by atoms with Crippen LogP contribution in [0.1, 0.15) is 39.8 Å². The molecule has 32 heavy (non-hydrogen) atoms. The minimum Gasteiger partial charge on any atom is -0.484 e. The number of benzene rings is 1. The zero-order valence-electron chi connectivity index (χ0n) is 18.4. The molecule has 0 aliphatic carbocycles. The van der Waals surface area contributed by atoms with Gasteiger partial charge in [-0.25, -0.2) is 0 Å². The molecular weight excluding hydrogens is 444 g/mol. The number of nitrogens with one attached hydrogen (secondary N) is 1. The van der Waals surface area contributed by atoms with Crippen LogP contribution >= 0.6 is 23.5 Å². The van der Waals surface area contributed by atoms with Crippen LogP contribution in [-0.4, -0.2) is 64.2 Å². The first-order valence-corrected chi connectivity index (χ1v) is 13.2. The zero-order chi connectivity index (χ0) is 22.3. The molecule has 4 rings (SSSR count). The van der Waals surface area contributed by atoms with Crippen molar-refractivity contribution >= 4 is 35.3 Å². The third-order valence-electron chi connectivity index (χ3n) is 5.83. The molecule has 2 saturated heterocycles. The van der Waals surface area contributed by atoms with E-state index in [9.17, 15) is 9.59 Å². The molecule has 2 amide bonds. The van der Waals surface area contributed by atoms with Gasteiger partial charge in [0.15, 0.2) is 6.61 Å². The highest BCUT2D eigenvalue weighted by Crippen LogP contribution is 2.43. The average Bonchev–Trinajstić information content (AvgIpc) is 3.28. The number of hydrogen-bond donors (Lipinski definition) is 1. The minimum absolute atomic E-state index is 0.0188. The summed E-state index contributed by atoms with van der Waals surface area (Å²) < 4.78 is 7.87. The van der Waals surface area contributed by atoms with Crippen molar-refractivity contribution in [3.05, 3.63) is 47.8 Å². The fourth-order valence-electron chi connectivity index (χ4n) is 3.90. The number of carbonyl (C=O) groups excluding carboxylic acids is 2. The molecule has 1 aromatic heterocycles. The second kappa shape index (κ2) is 11.1. The van der Waals surface area contributed by atoms with E-state index in [-0.39, 0.29) is 18.4 Å². The van der Waals surface area contributed by atoms with E-state index in [2.05, 4.69) is 22.5 Å². The van der Waals surface area contributed by atoms with Crippen LogP contribution in [0.2, 0.25) is 0 Å². The first kappa shape index (κ1) is 23.0. The Kier molecular flexibility index (Phi) is 8.02. The van der Waals surface area contributed by atoms with E-state index >= 15 is 0 Å². The van der Waals surface area contributed by atoms with Gasteiger partial charge in [-0.15, -0.1) is 23.5 Å². The van der Waals surface area contributed by atoms with Crippen LogP contribution in [0.15, 0.2) is 36.7 Å². The van der Waals surface area contributed by atoms with Gasteiger partial charge in [-0.1, -0.05) is 12.1 Å². The summed E-state index contributed by atoms with van der Waals surface area (Å²) in [5.41, 5.74) is 1.89. The minimum atomic E-state index is -0.100. The molecule has 1 N–H and O–H groups in total. The number of amides is 2. The zero-order valence-corrected chi connectivity index (χ0v) is 20.0. The number of hydrogen-bond acceptors (Lipinski definition) is 6. The smallest absolute Gasteiger partial charge is 0.260 e. The lowest BCUT2D eigenvalue weighted by molar-refractivity contribution is -0.134. The molecule has 0 unspecified atom stereocenters. The third-order valence-corrected chi connectivity index (χ3v) is 8.84. The number of carbonyl (C=O) groups is 2. The van der Waals surface area contributed by atoms with Crippen molar-refractivity contribution in [2.75, 3.05) is 37.7 Å². The standard InChI is InChI=1S/C23H30N4O3S2/c1-26-15-19(14-25-26)22(29)24-13-17-7-9-27(10-8-17)21(28)16-30-20-5-3-18(4-6-20)23-31-11-2-12-32-23/h3-6,14-15,17,23H,2,7-13,16H2,1H3,(H,24,29). The van der Waals surface area contributed by atoms with Gasteiger partial charge in [0.25, 0.3) is 11.8 Å². The number of rotatable bonds is 7. The largest absolute Gasteiger partial charge is 0.484 e. The van der Waals surface area contributed by atoms with Gasteiger partial charge < -0.3 is 15.0 Å². The maximum atomic E-state index is 12.6. The monoisotopic (exact) mass is 474 g/mol. The number of likely N-dealkylation sites (tertiary alicyclic amines) is 1. The molecule has 2 aromatic rings. The number of piperidine rings is 1. The van der Waals surface area contributed by atoms with Crippen molar-refractivity contribution in [3.63, 3.8) is 0 Å². The molecular formula is C23H30N4O3S2. The Labute approximate surface area is 197 Å². The predicted molar refractivity (Wildman–Crippen MR) is 129 cm³/mol. The predicted octanol–water partition coefficient (Wildman–Crippen LogP) is 3.34. The van der Waals surface area contributed by atoms with Gasteiger partial charge in [0.1, 0.15) is 5.75 Å². The Bertz CT molecular complexity index is 904. The summed E-state index contributed by atoms with van der Waals surface area (Å²) in [7, 11) is 1.79.